The molecule has 8 heteroatoms. The van der Waals surface area contributed by atoms with Crippen molar-refractivity contribution in [2.24, 2.45) is 11.7 Å². The second-order valence-corrected chi connectivity index (χ2v) is 8.54. The predicted octanol–water partition coefficient (Wildman–Crippen LogP) is 2.14. The number of nitrogens with two attached hydrogens (primary N) is 1. The van der Waals surface area contributed by atoms with Gasteiger partial charge in [-0.3, -0.25) is 4.79 Å². The highest BCUT2D eigenvalue weighted by atomic mass is 35.5. The summed E-state index contributed by atoms with van der Waals surface area (Å²) in [5.74, 6) is -0.401. The molecular formula is C18H30ClN3O3S. The van der Waals surface area contributed by atoms with E-state index in [0.717, 1.165) is 19.3 Å². The Morgan fingerprint density at radius 3 is 2.65 bits per heavy atom. The molecule has 1 aliphatic rings. The van der Waals surface area contributed by atoms with Gasteiger partial charge in [0.15, 0.2) is 0 Å². The fraction of sp³-hybridized carbons (Fsp3) is 0.611. The molecule has 6 nitrogen and oxygen atoms in total. The summed E-state index contributed by atoms with van der Waals surface area (Å²) in [4.78, 5) is 12.8. The maximum Gasteiger partial charge on any atom is 0.243 e. The van der Waals surface area contributed by atoms with Crippen molar-refractivity contribution in [1.82, 2.24) is 9.62 Å². The van der Waals surface area contributed by atoms with Gasteiger partial charge in [-0.1, -0.05) is 38.0 Å². The molecule has 148 valence electrons. The molecule has 1 aromatic carbocycles. The van der Waals surface area contributed by atoms with Crippen molar-refractivity contribution in [3.63, 3.8) is 0 Å². The van der Waals surface area contributed by atoms with Crippen LogP contribution in [0.4, 0.5) is 0 Å². The number of piperidine rings is 1. The Hall–Kier alpha value is -1.15. The van der Waals surface area contributed by atoms with Crippen LogP contribution in [0.5, 0.6) is 0 Å². The minimum absolute atomic E-state index is 0. The summed E-state index contributed by atoms with van der Waals surface area (Å²) in [6.45, 7) is 3.19. The van der Waals surface area contributed by atoms with Crippen LogP contribution in [-0.2, 0) is 14.8 Å². The molecule has 1 aromatic rings. The van der Waals surface area contributed by atoms with Crippen LogP contribution in [0.15, 0.2) is 35.2 Å². The average Bonchev–Trinajstić information content (AvgIpc) is 2.65. The molecule has 2 atom stereocenters. The van der Waals surface area contributed by atoms with Crippen LogP contribution in [-0.4, -0.2) is 44.3 Å². The lowest BCUT2D eigenvalue weighted by Gasteiger charge is -2.32. The first-order valence-corrected chi connectivity index (χ1v) is 10.5. The Labute approximate surface area is 163 Å². The maximum atomic E-state index is 12.7. The number of hydrogen-bond acceptors (Lipinski definition) is 4. The zero-order valence-electron chi connectivity index (χ0n) is 15.3. The summed E-state index contributed by atoms with van der Waals surface area (Å²) in [7, 11) is -3.55. The number of nitrogens with zero attached hydrogens (tertiary/aromatic N) is 1. The molecule has 1 saturated heterocycles. The highest BCUT2D eigenvalue weighted by molar-refractivity contribution is 7.89. The fourth-order valence-electron chi connectivity index (χ4n) is 3.13. The number of nitrogens with one attached hydrogen (secondary N) is 1. The molecular weight excluding hydrogens is 374 g/mol. The molecule has 2 rings (SSSR count). The van der Waals surface area contributed by atoms with Crippen LogP contribution in [0.1, 0.15) is 39.0 Å². The van der Waals surface area contributed by atoms with Crippen molar-refractivity contribution in [3.8, 4) is 0 Å². The van der Waals surface area contributed by atoms with Crippen molar-refractivity contribution < 1.29 is 13.2 Å². The van der Waals surface area contributed by atoms with Crippen LogP contribution in [0.3, 0.4) is 0 Å². The Kier molecular flexibility index (Phi) is 9.57. The summed E-state index contributed by atoms with van der Waals surface area (Å²) in [6, 6.07) is 8.35. The van der Waals surface area contributed by atoms with E-state index in [1.54, 1.807) is 30.3 Å². The highest BCUT2D eigenvalue weighted by Crippen LogP contribution is 2.24. The largest absolute Gasteiger partial charge is 0.352 e. The lowest BCUT2D eigenvalue weighted by molar-refractivity contribution is -0.126. The number of amides is 1. The number of sulfonamides is 1. The van der Waals surface area contributed by atoms with Gasteiger partial charge in [0.1, 0.15) is 0 Å². The van der Waals surface area contributed by atoms with Gasteiger partial charge in [0, 0.05) is 25.7 Å². The van der Waals surface area contributed by atoms with Crippen LogP contribution in [0.25, 0.3) is 0 Å². The van der Waals surface area contributed by atoms with Gasteiger partial charge in [0.05, 0.1) is 10.8 Å². The third-order valence-corrected chi connectivity index (χ3v) is 6.55. The Morgan fingerprint density at radius 2 is 2.04 bits per heavy atom. The van der Waals surface area contributed by atoms with Crippen LogP contribution < -0.4 is 11.1 Å². The summed E-state index contributed by atoms with van der Waals surface area (Å²) in [5, 5.41) is 3.00. The second kappa shape index (κ2) is 10.9. The second-order valence-electron chi connectivity index (χ2n) is 6.60. The lowest BCUT2D eigenvalue weighted by Crippen LogP contribution is -2.49. The quantitative estimate of drug-likeness (QED) is 0.695. The molecule has 3 N–H and O–H groups in total. The number of carbonyl (C=O) groups is 1. The first-order chi connectivity index (χ1) is 12.0. The average molecular weight is 404 g/mol. The first kappa shape index (κ1) is 22.9. The Morgan fingerprint density at radius 1 is 1.35 bits per heavy atom. The van der Waals surface area contributed by atoms with E-state index < -0.39 is 10.0 Å². The summed E-state index contributed by atoms with van der Waals surface area (Å²) >= 11 is 0. The molecule has 2 unspecified atom stereocenters. The van der Waals surface area contributed by atoms with Crippen molar-refractivity contribution in [2.45, 2.75) is 50.0 Å². The molecule has 26 heavy (non-hydrogen) atoms. The number of benzene rings is 1. The van der Waals surface area contributed by atoms with E-state index >= 15 is 0 Å². The molecule has 1 fully saturated rings. The zero-order valence-corrected chi connectivity index (χ0v) is 16.9. The first-order valence-electron chi connectivity index (χ1n) is 9.04. The van der Waals surface area contributed by atoms with Gasteiger partial charge >= 0.3 is 0 Å². The number of rotatable bonds is 8. The van der Waals surface area contributed by atoms with Crippen LogP contribution in [0.2, 0.25) is 0 Å². The summed E-state index contributed by atoms with van der Waals surface area (Å²) < 4.78 is 26.9. The molecule has 1 heterocycles. The number of carbonyl (C=O) groups excluding carboxylic acids is 1. The van der Waals surface area contributed by atoms with Crippen molar-refractivity contribution >= 4 is 28.3 Å². The summed E-state index contributed by atoms with van der Waals surface area (Å²) in [6.07, 6.45) is 4.32. The van der Waals surface area contributed by atoms with Gasteiger partial charge in [0.25, 0.3) is 0 Å². The van der Waals surface area contributed by atoms with Gasteiger partial charge in [-0.25, -0.2) is 8.42 Å². The van der Waals surface area contributed by atoms with E-state index in [2.05, 4.69) is 12.2 Å². The molecule has 0 saturated carbocycles. The molecule has 0 bridgehead atoms. The van der Waals surface area contributed by atoms with Gasteiger partial charge in [0.2, 0.25) is 15.9 Å². The van der Waals surface area contributed by atoms with E-state index in [0.29, 0.717) is 25.9 Å². The Balaban J connectivity index is 0.00000338. The molecule has 0 aliphatic carbocycles. The number of hydrogen-bond donors (Lipinski definition) is 2. The van der Waals surface area contributed by atoms with Gasteiger partial charge in [-0.2, -0.15) is 4.31 Å². The van der Waals surface area contributed by atoms with Gasteiger partial charge in [-0.05, 0) is 31.4 Å². The highest BCUT2D eigenvalue weighted by Gasteiger charge is 2.33. The predicted molar refractivity (Wildman–Crippen MR) is 106 cm³/mol. The number of unbranched alkanes of at least 4 members (excludes halogenated alkanes) is 1. The topological polar surface area (TPSA) is 92.5 Å². The van der Waals surface area contributed by atoms with E-state index in [4.69, 9.17) is 5.73 Å². The van der Waals surface area contributed by atoms with Crippen LogP contribution in [0, 0.1) is 5.92 Å². The zero-order chi connectivity index (χ0) is 18.3. The van der Waals surface area contributed by atoms with Crippen molar-refractivity contribution in [1.29, 1.82) is 0 Å². The van der Waals surface area contributed by atoms with Gasteiger partial charge < -0.3 is 11.1 Å². The molecule has 0 aromatic heterocycles. The minimum Gasteiger partial charge on any atom is -0.352 e. The van der Waals surface area contributed by atoms with E-state index in [1.807, 2.05) is 0 Å². The van der Waals surface area contributed by atoms with E-state index in [1.165, 1.54) is 4.31 Å². The standard InChI is InChI=1S/C18H29N3O3S.ClH/c1-2-3-9-16(13-19)20-18(22)15-8-7-12-21(14-15)25(23,24)17-10-5-4-6-11-17;/h4-6,10-11,15-16H,2-3,7-9,12-14,19H2,1H3,(H,20,22);1H. The lowest BCUT2D eigenvalue weighted by atomic mass is 9.98. The maximum absolute atomic E-state index is 12.7. The molecule has 0 radical (unpaired) electrons. The Bertz CT molecular complexity index is 655. The van der Waals surface area contributed by atoms with Gasteiger partial charge in [-0.15, -0.1) is 12.4 Å². The van der Waals surface area contributed by atoms with Crippen molar-refractivity contribution in [3.05, 3.63) is 30.3 Å². The van der Waals surface area contributed by atoms with E-state index in [-0.39, 0.29) is 41.7 Å². The summed E-state index contributed by atoms with van der Waals surface area (Å²) in [5.41, 5.74) is 5.74. The molecule has 1 amide bonds. The molecule has 0 spiro atoms. The SMILES string of the molecule is CCCCC(CN)NC(=O)C1CCCN(S(=O)(=O)c2ccccc2)C1.Cl. The van der Waals surface area contributed by atoms with Crippen LogP contribution >= 0.6 is 12.4 Å². The van der Waals surface area contributed by atoms with Crippen molar-refractivity contribution in [2.75, 3.05) is 19.6 Å². The third kappa shape index (κ3) is 5.94. The van der Waals surface area contributed by atoms with E-state index in [9.17, 15) is 13.2 Å². The molecule has 1 aliphatic heterocycles. The normalized spacial score (nSPS) is 19.4. The minimum atomic E-state index is -3.55. The third-order valence-electron chi connectivity index (χ3n) is 4.67. The fourth-order valence-corrected chi connectivity index (χ4v) is 4.68. The number of halogens is 1. The monoisotopic (exact) mass is 403 g/mol. The smallest absolute Gasteiger partial charge is 0.243 e.